The Hall–Kier alpha value is -0.260. The van der Waals surface area contributed by atoms with Crippen molar-refractivity contribution in [3.8, 4) is 0 Å². The van der Waals surface area contributed by atoms with Crippen LogP contribution in [0.15, 0.2) is 12.2 Å². The fraction of sp³-hybridized carbons (Fsp3) is 0.826. The molecule has 0 heterocycles. The van der Waals surface area contributed by atoms with Crippen LogP contribution >= 0.6 is 0 Å². The van der Waals surface area contributed by atoms with Crippen LogP contribution < -0.4 is 0 Å². The van der Waals surface area contributed by atoms with E-state index < -0.39 is 0 Å². The first-order valence-corrected chi connectivity index (χ1v) is 10.5. The SMILES string of the molecule is [CH2]CCCCCC(CC)CCCCCC=CC(CC)CCC[CH2]. The van der Waals surface area contributed by atoms with Gasteiger partial charge < -0.3 is 0 Å². The maximum atomic E-state index is 3.94. The van der Waals surface area contributed by atoms with Crippen LogP contribution in [0, 0.1) is 25.7 Å². The molecule has 23 heavy (non-hydrogen) atoms. The van der Waals surface area contributed by atoms with Gasteiger partial charge in [-0.15, -0.1) is 0 Å². The van der Waals surface area contributed by atoms with E-state index in [9.17, 15) is 0 Å². The monoisotopic (exact) mass is 320 g/mol. The van der Waals surface area contributed by atoms with E-state index in [0.717, 1.165) is 24.7 Å². The summed E-state index contributed by atoms with van der Waals surface area (Å²) < 4.78 is 0. The summed E-state index contributed by atoms with van der Waals surface area (Å²) in [6.45, 7) is 12.5. The Balaban J connectivity index is 3.58. The largest absolute Gasteiger partial charge is 0.0883 e. The minimum Gasteiger partial charge on any atom is -0.0883 e. The lowest BCUT2D eigenvalue weighted by molar-refractivity contribution is 0.397. The van der Waals surface area contributed by atoms with Gasteiger partial charge in [-0.3, -0.25) is 0 Å². The van der Waals surface area contributed by atoms with Crippen LogP contribution in [0.2, 0.25) is 0 Å². The zero-order valence-electron chi connectivity index (χ0n) is 16.3. The predicted octanol–water partition coefficient (Wildman–Crippen LogP) is 8.33. The Bertz CT molecular complexity index is 240. The zero-order chi connectivity index (χ0) is 17.2. The average Bonchev–Trinajstić information content (AvgIpc) is 2.58. The topological polar surface area (TPSA) is 0 Å². The molecule has 0 aromatic heterocycles. The molecule has 136 valence electrons. The number of hydrogen-bond acceptors (Lipinski definition) is 0. The van der Waals surface area contributed by atoms with E-state index in [1.54, 1.807) is 0 Å². The molecule has 0 amide bonds. The minimum absolute atomic E-state index is 0.791. The van der Waals surface area contributed by atoms with E-state index in [4.69, 9.17) is 0 Å². The predicted molar refractivity (Wildman–Crippen MR) is 107 cm³/mol. The van der Waals surface area contributed by atoms with Gasteiger partial charge in [0.15, 0.2) is 0 Å². The van der Waals surface area contributed by atoms with Gasteiger partial charge in [0, 0.05) is 0 Å². The molecule has 0 heteroatoms. The Kier molecular flexibility index (Phi) is 17.9. The second kappa shape index (κ2) is 18.1. The van der Waals surface area contributed by atoms with Crippen LogP contribution in [0.25, 0.3) is 0 Å². The van der Waals surface area contributed by atoms with E-state index >= 15 is 0 Å². The summed E-state index contributed by atoms with van der Waals surface area (Å²) in [5.74, 6) is 1.77. The first-order chi connectivity index (χ1) is 11.3. The Labute approximate surface area is 148 Å². The van der Waals surface area contributed by atoms with Crippen molar-refractivity contribution in [1.29, 1.82) is 0 Å². The van der Waals surface area contributed by atoms with Crippen molar-refractivity contribution in [3.05, 3.63) is 26.0 Å². The molecule has 0 spiro atoms. The maximum absolute atomic E-state index is 3.94. The number of allylic oxidation sites excluding steroid dienone is 2. The molecule has 0 saturated heterocycles. The highest BCUT2D eigenvalue weighted by Crippen LogP contribution is 2.21. The summed E-state index contributed by atoms with van der Waals surface area (Å²) in [5, 5.41) is 0. The van der Waals surface area contributed by atoms with Gasteiger partial charge in [0.25, 0.3) is 0 Å². The van der Waals surface area contributed by atoms with Gasteiger partial charge in [-0.1, -0.05) is 110 Å². The van der Waals surface area contributed by atoms with E-state index in [2.05, 4.69) is 39.8 Å². The molecule has 2 atom stereocenters. The molecule has 0 fully saturated rings. The summed E-state index contributed by atoms with van der Waals surface area (Å²) >= 11 is 0. The van der Waals surface area contributed by atoms with Crippen molar-refractivity contribution >= 4 is 0 Å². The fourth-order valence-electron chi connectivity index (χ4n) is 3.34. The first kappa shape index (κ1) is 22.7. The van der Waals surface area contributed by atoms with Crippen LogP contribution in [0.3, 0.4) is 0 Å². The van der Waals surface area contributed by atoms with Crippen molar-refractivity contribution in [3.63, 3.8) is 0 Å². The second-order valence-electron chi connectivity index (χ2n) is 7.21. The smallest absolute Gasteiger partial charge is 0.0236 e. The highest BCUT2D eigenvalue weighted by Gasteiger charge is 2.05. The van der Waals surface area contributed by atoms with Crippen molar-refractivity contribution in [2.75, 3.05) is 0 Å². The van der Waals surface area contributed by atoms with Gasteiger partial charge in [-0.05, 0) is 37.5 Å². The van der Waals surface area contributed by atoms with Gasteiger partial charge in [0.1, 0.15) is 0 Å². The average molecular weight is 321 g/mol. The lowest BCUT2D eigenvalue weighted by atomic mass is 9.92. The Morgan fingerprint density at radius 2 is 1.35 bits per heavy atom. The highest BCUT2D eigenvalue weighted by atomic mass is 14.1. The molecule has 0 N–H and O–H groups in total. The van der Waals surface area contributed by atoms with Crippen molar-refractivity contribution in [1.82, 2.24) is 0 Å². The molecule has 0 aliphatic carbocycles. The zero-order valence-corrected chi connectivity index (χ0v) is 16.3. The molecule has 0 saturated carbocycles. The maximum Gasteiger partial charge on any atom is -0.0236 e. The molecule has 0 bridgehead atoms. The molecule has 0 aliphatic heterocycles. The minimum atomic E-state index is 0.791. The van der Waals surface area contributed by atoms with Crippen LogP contribution in [0.4, 0.5) is 0 Å². The summed E-state index contributed by atoms with van der Waals surface area (Å²) in [4.78, 5) is 0. The molecule has 0 rings (SSSR count). The standard InChI is InChI=1S/C23H44/c1-5-9-11-15-19-23(8-4)21-17-14-12-13-16-20-22(7-3)18-10-6-2/h16,20,22-23H,1-2,5-15,17-19,21H2,3-4H3. The van der Waals surface area contributed by atoms with Gasteiger partial charge in [-0.2, -0.15) is 0 Å². The summed E-state index contributed by atoms with van der Waals surface area (Å²) in [7, 11) is 0. The Morgan fingerprint density at radius 1 is 0.696 bits per heavy atom. The number of rotatable bonds is 17. The third-order valence-corrected chi connectivity index (χ3v) is 5.18. The lowest BCUT2D eigenvalue weighted by Crippen LogP contribution is -1.99. The first-order valence-electron chi connectivity index (χ1n) is 10.5. The molecule has 0 aromatic rings. The molecule has 0 aromatic carbocycles. The third-order valence-electron chi connectivity index (χ3n) is 5.18. The second-order valence-corrected chi connectivity index (χ2v) is 7.21. The van der Waals surface area contributed by atoms with E-state index in [-0.39, 0.29) is 0 Å². The molecule has 0 aliphatic rings. The molecular weight excluding hydrogens is 276 g/mol. The molecule has 2 unspecified atom stereocenters. The lowest BCUT2D eigenvalue weighted by Gasteiger charge is -2.14. The van der Waals surface area contributed by atoms with Crippen LogP contribution in [0.1, 0.15) is 110 Å². The highest BCUT2D eigenvalue weighted by molar-refractivity contribution is 4.87. The third kappa shape index (κ3) is 15.0. The van der Waals surface area contributed by atoms with Crippen LogP contribution in [0.5, 0.6) is 0 Å². The van der Waals surface area contributed by atoms with Gasteiger partial charge in [-0.25, -0.2) is 0 Å². The molecular formula is C23H44. The van der Waals surface area contributed by atoms with Gasteiger partial charge in [0.05, 0.1) is 0 Å². The Morgan fingerprint density at radius 3 is 1.91 bits per heavy atom. The molecule has 2 radical (unpaired) electrons. The summed E-state index contributed by atoms with van der Waals surface area (Å²) in [6.07, 6.45) is 24.9. The number of unbranched alkanes of at least 4 members (excludes halogenated alkanes) is 7. The van der Waals surface area contributed by atoms with Crippen molar-refractivity contribution in [2.45, 2.75) is 110 Å². The quantitative estimate of drug-likeness (QED) is 0.186. The van der Waals surface area contributed by atoms with Gasteiger partial charge >= 0.3 is 0 Å². The van der Waals surface area contributed by atoms with E-state index in [1.807, 2.05) is 0 Å². The normalized spacial score (nSPS) is 14.4. The van der Waals surface area contributed by atoms with E-state index in [1.165, 1.54) is 83.5 Å². The van der Waals surface area contributed by atoms with Crippen molar-refractivity contribution in [2.24, 2.45) is 11.8 Å². The van der Waals surface area contributed by atoms with Crippen LogP contribution in [-0.4, -0.2) is 0 Å². The summed E-state index contributed by atoms with van der Waals surface area (Å²) in [6, 6.07) is 0. The molecule has 0 nitrogen and oxygen atoms in total. The van der Waals surface area contributed by atoms with Crippen molar-refractivity contribution < 1.29 is 0 Å². The van der Waals surface area contributed by atoms with E-state index in [0.29, 0.717) is 0 Å². The fourth-order valence-corrected chi connectivity index (χ4v) is 3.34. The van der Waals surface area contributed by atoms with Gasteiger partial charge in [0.2, 0.25) is 0 Å². The number of hydrogen-bond donors (Lipinski definition) is 0. The van der Waals surface area contributed by atoms with Crippen LogP contribution in [-0.2, 0) is 0 Å². The summed E-state index contributed by atoms with van der Waals surface area (Å²) in [5.41, 5.74) is 0.